The van der Waals surface area contributed by atoms with Gasteiger partial charge in [0.1, 0.15) is 17.3 Å². The van der Waals surface area contributed by atoms with Gasteiger partial charge in [0.2, 0.25) is 0 Å². The molecule has 0 aliphatic rings. The van der Waals surface area contributed by atoms with Gasteiger partial charge < -0.3 is 9.84 Å². The average Bonchev–Trinajstić information content (AvgIpc) is 2.33. The minimum atomic E-state index is -0.430. The summed E-state index contributed by atoms with van der Waals surface area (Å²) in [7, 11) is 0. The molecule has 1 aromatic carbocycles. The molecule has 0 radical (unpaired) electrons. The van der Waals surface area contributed by atoms with Crippen molar-refractivity contribution >= 4 is 11.6 Å². The molecular formula is C13H11ClFNO2. The summed E-state index contributed by atoms with van der Waals surface area (Å²) in [5, 5.41) is 9.36. The van der Waals surface area contributed by atoms with Gasteiger partial charge in [0.25, 0.3) is 0 Å². The molecule has 1 heterocycles. The first-order valence-electron chi connectivity index (χ1n) is 5.29. The molecule has 2 rings (SSSR count). The first kappa shape index (κ1) is 12.8. The fourth-order valence-electron chi connectivity index (χ4n) is 1.45. The van der Waals surface area contributed by atoms with Crippen molar-refractivity contribution in [3.63, 3.8) is 0 Å². The number of hydrogen-bond acceptors (Lipinski definition) is 3. The minimum absolute atomic E-state index is 0.174. The van der Waals surface area contributed by atoms with E-state index in [0.717, 1.165) is 5.69 Å². The Morgan fingerprint density at radius 1 is 1.33 bits per heavy atom. The molecule has 0 saturated carbocycles. The van der Waals surface area contributed by atoms with Crippen molar-refractivity contribution in [2.75, 3.05) is 0 Å². The van der Waals surface area contributed by atoms with Crippen LogP contribution in [0.1, 0.15) is 11.3 Å². The summed E-state index contributed by atoms with van der Waals surface area (Å²) in [6.45, 7) is 1.61. The summed E-state index contributed by atoms with van der Waals surface area (Å²) in [6.07, 6.45) is 1.53. The number of nitrogens with zero attached hydrogens (tertiary/aromatic N) is 1. The van der Waals surface area contributed by atoms with Crippen LogP contribution < -0.4 is 4.74 Å². The van der Waals surface area contributed by atoms with Crippen LogP contribution in [0.5, 0.6) is 11.5 Å². The van der Waals surface area contributed by atoms with Crippen molar-refractivity contribution in [2.45, 2.75) is 13.5 Å². The van der Waals surface area contributed by atoms with E-state index < -0.39 is 5.82 Å². The number of aryl methyl sites for hydroxylation is 1. The third-order valence-electron chi connectivity index (χ3n) is 2.36. The number of halogens is 2. The average molecular weight is 268 g/mol. The molecule has 0 spiro atoms. The van der Waals surface area contributed by atoms with E-state index in [0.29, 0.717) is 17.1 Å². The number of aliphatic hydroxyl groups is 1. The highest BCUT2D eigenvalue weighted by Gasteiger charge is 2.09. The number of ether oxygens (including phenoxy) is 1. The molecule has 3 nitrogen and oxygen atoms in total. The molecule has 0 fully saturated rings. The lowest BCUT2D eigenvalue weighted by Crippen LogP contribution is -1.95. The molecule has 18 heavy (non-hydrogen) atoms. The van der Waals surface area contributed by atoms with Crippen molar-refractivity contribution in [3.8, 4) is 11.5 Å². The monoisotopic (exact) mass is 267 g/mol. The normalized spacial score (nSPS) is 10.4. The zero-order chi connectivity index (χ0) is 13.1. The number of pyridine rings is 1. The number of rotatable bonds is 3. The van der Waals surface area contributed by atoms with Crippen molar-refractivity contribution < 1.29 is 14.2 Å². The Labute approximate surface area is 109 Å². The Hall–Kier alpha value is -1.65. The van der Waals surface area contributed by atoms with Crippen LogP contribution in [0.4, 0.5) is 4.39 Å². The summed E-state index contributed by atoms with van der Waals surface area (Å²) in [6, 6.07) is 5.55. The maximum atomic E-state index is 12.9. The van der Waals surface area contributed by atoms with Gasteiger partial charge in [-0.2, -0.15) is 0 Å². The topological polar surface area (TPSA) is 42.4 Å². The molecule has 0 aliphatic heterocycles. The van der Waals surface area contributed by atoms with Crippen LogP contribution in [-0.2, 0) is 6.61 Å². The van der Waals surface area contributed by atoms with Crippen LogP contribution in [-0.4, -0.2) is 10.1 Å². The minimum Gasteiger partial charge on any atom is -0.455 e. The quantitative estimate of drug-likeness (QED) is 0.926. The second-order valence-corrected chi connectivity index (χ2v) is 4.18. The second-order valence-electron chi connectivity index (χ2n) is 3.77. The van der Waals surface area contributed by atoms with Gasteiger partial charge in [-0.3, -0.25) is 4.98 Å². The van der Waals surface area contributed by atoms with Gasteiger partial charge in [0.15, 0.2) is 0 Å². The number of aliphatic hydroxyl groups excluding tert-OH is 1. The zero-order valence-electron chi connectivity index (χ0n) is 9.65. The third-order valence-corrected chi connectivity index (χ3v) is 2.66. The van der Waals surface area contributed by atoms with Crippen LogP contribution in [0.3, 0.4) is 0 Å². The van der Waals surface area contributed by atoms with Crippen LogP contribution in [0.2, 0.25) is 5.02 Å². The van der Waals surface area contributed by atoms with Gasteiger partial charge in [0.05, 0.1) is 11.6 Å². The maximum Gasteiger partial charge on any atom is 0.146 e. The van der Waals surface area contributed by atoms with E-state index in [-0.39, 0.29) is 11.6 Å². The second kappa shape index (κ2) is 5.33. The van der Waals surface area contributed by atoms with Crippen molar-refractivity contribution in [1.82, 2.24) is 4.98 Å². The lowest BCUT2D eigenvalue weighted by molar-refractivity contribution is 0.276. The molecule has 0 aliphatic carbocycles. The molecule has 0 unspecified atom stereocenters. The van der Waals surface area contributed by atoms with Crippen LogP contribution in [0.25, 0.3) is 0 Å². The van der Waals surface area contributed by atoms with Crippen LogP contribution >= 0.6 is 11.6 Å². The molecule has 1 aromatic heterocycles. The van der Waals surface area contributed by atoms with Gasteiger partial charge in [-0.05, 0) is 25.1 Å². The molecule has 0 amide bonds. The van der Waals surface area contributed by atoms with E-state index in [4.69, 9.17) is 16.3 Å². The Morgan fingerprint density at radius 2 is 2.11 bits per heavy atom. The van der Waals surface area contributed by atoms with Crippen molar-refractivity contribution in [1.29, 1.82) is 0 Å². The highest BCUT2D eigenvalue weighted by atomic mass is 35.5. The summed E-state index contributed by atoms with van der Waals surface area (Å²) in [4.78, 5) is 4.06. The number of aromatic nitrogens is 1. The highest BCUT2D eigenvalue weighted by molar-refractivity contribution is 6.32. The summed E-state index contributed by atoms with van der Waals surface area (Å²) in [5.41, 5.74) is 1.29. The number of hydrogen-bond donors (Lipinski definition) is 1. The molecule has 0 bridgehead atoms. The van der Waals surface area contributed by atoms with Gasteiger partial charge in [-0.15, -0.1) is 0 Å². The Morgan fingerprint density at radius 3 is 2.78 bits per heavy atom. The molecule has 1 N–H and O–H groups in total. The summed E-state index contributed by atoms with van der Waals surface area (Å²) < 4.78 is 18.5. The van der Waals surface area contributed by atoms with Gasteiger partial charge in [-0.25, -0.2) is 4.39 Å². The van der Waals surface area contributed by atoms with Crippen molar-refractivity contribution in [3.05, 3.63) is 52.6 Å². The van der Waals surface area contributed by atoms with Gasteiger partial charge >= 0.3 is 0 Å². The standard InChI is InChI=1S/C13H11ClFNO2/c1-8-4-13(9(7-17)6-16-8)18-12-3-2-10(15)5-11(12)14/h2-6,17H,7H2,1H3. The first-order chi connectivity index (χ1) is 8.60. The third kappa shape index (κ3) is 2.78. The molecule has 5 heteroatoms. The fraction of sp³-hybridized carbons (Fsp3) is 0.154. The van der Waals surface area contributed by atoms with E-state index in [1.165, 1.54) is 24.4 Å². The van der Waals surface area contributed by atoms with Crippen LogP contribution in [0, 0.1) is 12.7 Å². The molecular weight excluding hydrogens is 257 g/mol. The van der Waals surface area contributed by atoms with E-state index in [2.05, 4.69) is 4.98 Å². The lowest BCUT2D eigenvalue weighted by atomic mass is 10.2. The Kier molecular flexibility index (Phi) is 3.79. The summed E-state index contributed by atoms with van der Waals surface area (Å²) >= 11 is 5.87. The predicted octanol–water partition coefficient (Wildman–Crippen LogP) is 3.47. The first-order valence-corrected chi connectivity index (χ1v) is 5.67. The van der Waals surface area contributed by atoms with E-state index in [9.17, 15) is 9.50 Å². The smallest absolute Gasteiger partial charge is 0.146 e. The molecule has 94 valence electrons. The maximum absolute atomic E-state index is 12.9. The molecule has 0 saturated heterocycles. The van der Waals surface area contributed by atoms with Gasteiger partial charge in [-0.1, -0.05) is 11.6 Å². The largest absolute Gasteiger partial charge is 0.455 e. The van der Waals surface area contributed by atoms with E-state index in [1.807, 2.05) is 0 Å². The molecule has 2 aromatic rings. The van der Waals surface area contributed by atoms with E-state index in [1.54, 1.807) is 13.0 Å². The zero-order valence-corrected chi connectivity index (χ0v) is 10.4. The summed E-state index contributed by atoms with van der Waals surface area (Å²) in [5.74, 6) is 0.359. The molecule has 0 atom stereocenters. The SMILES string of the molecule is Cc1cc(Oc2ccc(F)cc2Cl)c(CO)cn1. The van der Waals surface area contributed by atoms with Gasteiger partial charge in [0, 0.05) is 23.5 Å². The predicted molar refractivity (Wildman–Crippen MR) is 66.4 cm³/mol. The van der Waals surface area contributed by atoms with Crippen molar-refractivity contribution in [2.24, 2.45) is 0 Å². The highest BCUT2D eigenvalue weighted by Crippen LogP contribution is 2.31. The lowest BCUT2D eigenvalue weighted by Gasteiger charge is -2.11. The van der Waals surface area contributed by atoms with E-state index >= 15 is 0 Å². The van der Waals surface area contributed by atoms with Crippen LogP contribution in [0.15, 0.2) is 30.5 Å². The fourth-order valence-corrected chi connectivity index (χ4v) is 1.66. The number of benzene rings is 1. The Bertz CT molecular complexity index is 575. The Balaban J connectivity index is 2.36.